The number of hydrogen-bond acceptors (Lipinski definition) is 9. The quantitative estimate of drug-likeness (QED) is 0.639. The average molecular weight is 404 g/mol. The summed E-state index contributed by atoms with van der Waals surface area (Å²) in [5, 5.41) is 20.6. The zero-order chi connectivity index (χ0) is 21.3. The molecule has 0 amide bonds. The van der Waals surface area contributed by atoms with Gasteiger partial charge < -0.3 is 38.3 Å². The molecule has 0 unspecified atom stereocenters. The molecule has 1 aromatic heterocycles. The van der Waals surface area contributed by atoms with E-state index in [1.807, 2.05) is 0 Å². The molecule has 0 aliphatic heterocycles. The summed E-state index contributed by atoms with van der Waals surface area (Å²) in [6.45, 7) is 0. The van der Waals surface area contributed by atoms with Crippen molar-refractivity contribution in [2.75, 3.05) is 35.5 Å². The van der Waals surface area contributed by atoms with Gasteiger partial charge in [0.15, 0.2) is 28.6 Å². The summed E-state index contributed by atoms with van der Waals surface area (Å²) in [7, 11) is 6.81. The summed E-state index contributed by atoms with van der Waals surface area (Å²) >= 11 is 0. The molecule has 0 aliphatic carbocycles. The highest BCUT2D eigenvalue weighted by Gasteiger charge is 2.30. The second-order valence-electron chi connectivity index (χ2n) is 5.80. The van der Waals surface area contributed by atoms with E-state index in [0.29, 0.717) is 0 Å². The Morgan fingerprint density at radius 2 is 1.31 bits per heavy atom. The summed E-state index contributed by atoms with van der Waals surface area (Å²) in [4.78, 5) is 13.1. The molecule has 0 spiro atoms. The first kappa shape index (κ1) is 20.0. The number of hydrogen-bond donors (Lipinski definition) is 2. The van der Waals surface area contributed by atoms with Crippen molar-refractivity contribution in [3.8, 4) is 51.6 Å². The van der Waals surface area contributed by atoms with Gasteiger partial charge in [-0.25, -0.2) is 0 Å². The molecule has 0 radical (unpaired) electrons. The summed E-state index contributed by atoms with van der Waals surface area (Å²) in [6, 6.07) is 4.44. The zero-order valence-corrected chi connectivity index (χ0v) is 16.5. The van der Waals surface area contributed by atoms with Crippen molar-refractivity contribution in [2.24, 2.45) is 0 Å². The molecule has 2 aromatic carbocycles. The Morgan fingerprint density at radius 3 is 1.86 bits per heavy atom. The van der Waals surface area contributed by atoms with Gasteiger partial charge in [0.05, 0.1) is 41.1 Å². The minimum Gasteiger partial charge on any atom is -0.504 e. The standard InChI is InChI=1S/C20H20O9/c1-24-14-9(7-6-8-10(14)21)15-13(23)12(22)11-16(25-2)18(26-3)20(28-5)19(27-4)17(11)29-15/h6-8,21,23H,1-5H3. The first-order valence-corrected chi connectivity index (χ1v) is 8.37. The van der Waals surface area contributed by atoms with Gasteiger partial charge in [-0.1, -0.05) is 6.07 Å². The molecule has 0 bridgehead atoms. The van der Waals surface area contributed by atoms with Crippen LogP contribution in [-0.4, -0.2) is 45.8 Å². The highest BCUT2D eigenvalue weighted by atomic mass is 16.5. The molecule has 0 atom stereocenters. The molecular weight excluding hydrogens is 384 g/mol. The van der Waals surface area contributed by atoms with Crippen molar-refractivity contribution < 1.29 is 38.3 Å². The van der Waals surface area contributed by atoms with Gasteiger partial charge in [-0.3, -0.25) is 4.79 Å². The molecule has 29 heavy (non-hydrogen) atoms. The number of phenols is 1. The molecule has 0 aliphatic rings. The Balaban J connectivity index is 2.55. The van der Waals surface area contributed by atoms with Crippen molar-refractivity contribution >= 4 is 11.0 Å². The lowest BCUT2D eigenvalue weighted by Gasteiger charge is -2.18. The van der Waals surface area contributed by atoms with Crippen LogP contribution < -0.4 is 29.1 Å². The normalized spacial score (nSPS) is 10.7. The Bertz CT molecular complexity index is 1130. The van der Waals surface area contributed by atoms with Crippen LogP contribution in [-0.2, 0) is 0 Å². The van der Waals surface area contributed by atoms with Crippen LogP contribution in [0.3, 0.4) is 0 Å². The van der Waals surface area contributed by atoms with Crippen LogP contribution in [0.1, 0.15) is 0 Å². The van der Waals surface area contributed by atoms with Crippen LogP contribution in [0.15, 0.2) is 27.4 Å². The predicted molar refractivity (Wildman–Crippen MR) is 104 cm³/mol. The first-order valence-electron chi connectivity index (χ1n) is 8.37. The second kappa shape index (κ2) is 7.70. The number of phenolic OH excluding ortho intramolecular Hbond substituents is 1. The van der Waals surface area contributed by atoms with E-state index in [1.54, 1.807) is 0 Å². The lowest BCUT2D eigenvalue weighted by Crippen LogP contribution is -2.08. The van der Waals surface area contributed by atoms with Gasteiger partial charge in [-0.2, -0.15) is 0 Å². The predicted octanol–water partition coefficient (Wildman–Crippen LogP) is 2.91. The molecule has 3 rings (SSSR count). The van der Waals surface area contributed by atoms with E-state index >= 15 is 0 Å². The average Bonchev–Trinajstić information content (AvgIpc) is 2.73. The third-order valence-electron chi connectivity index (χ3n) is 4.40. The highest BCUT2D eigenvalue weighted by Crippen LogP contribution is 2.52. The zero-order valence-electron chi connectivity index (χ0n) is 16.5. The number of aromatic hydroxyl groups is 2. The van der Waals surface area contributed by atoms with Gasteiger partial charge in [-0.05, 0) is 12.1 Å². The lowest BCUT2D eigenvalue weighted by atomic mass is 10.1. The lowest BCUT2D eigenvalue weighted by molar-refractivity contribution is 0.306. The maximum Gasteiger partial charge on any atom is 0.239 e. The largest absolute Gasteiger partial charge is 0.504 e. The smallest absolute Gasteiger partial charge is 0.239 e. The third-order valence-corrected chi connectivity index (χ3v) is 4.40. The minimum atomic E-state index is -0.789. The fraction of sp³-hybridized carbons (Fsp3) is 0.250. The SMILES string of the molecule is COc1c(O)cccc1-c1oc2c(OC)c(OC)c(OC)c(OC)c2c(=O)c1O. The van der Waals surface area contributed by atoms with Gasteiger partial charge in [-0.15, -0.1) is 0 Å². The van der Waals surface area contributed by atoms with Gasteiger partial charge in [0.1, 0.15) is 5.39 Å². The van der Waals surface area contributed by atoms with Crippen molar-refractivity contribution in [3.05, 3.63) is 28.4 Å². The number of para-hydroxylation sites is 1. The summed E-state index contributed by atoms with van der Waals surface area (Å²) in [5.41, 5.74) is -0.659. The molecular formula is C20H20O9. The van der Waals surface area contributed by atoms with Crippen molar-refractivity contribution in [1.29, 1.82) is 0 Å². The molecule has 9 nitrogen and oxygen atoms in total. The van der Waals surface area contributed by atoms with E-state index in [1.165, 1.54) is 53.7 Å². The van der Waals surface area contributed by atoms with Gasteiger partial charge >= 0.3 is 0 Å². The molecule has 2 N–H and O–H groups in total. The second-order valence-corrected chi connectivity index (χ2v) is 5.80. The summed E-state index contributed by atoms with van der Waals surface area (Å²) in [6.07, 6.45) is 0. The van der Waals surface area contributed by atoms with Gasteiger partial charge in [0.25, 0.3) is 0 Å². The maximum atomic E-state index is 13.1. The van der Waals surface area contributed by atoms with Crippen molar-refractivity contribution in [2.45, 2.75) is 0 Å². The van der Waals surface area contributed by atoms with Crippen LogP contribution in [0.25, 0.3) is 22.3 Å². The molecule has 154 valence electrons. The Kier molecular flexibility index (Phi) is 5.31. The highest BCUT2D eigenvalue weighted by molar-refractivity contribution is 5.97. The monoisotopic (exact) mass is 404 g/mol. The Labute approximate surface area is 165 Å². The number of rotatable bonds is 6. The van der Waals surface area contributed by atoms with Crippen LogP contribution in [0.5, 0.6) is 40.2 Å². The molecule has 0 saturated carbocycles. The van der Waals surface area contributed by atoms with E-state index in [0.717, 1.165) is 0 Å². The number of benzene rings is 2. The van der Waals surface area contributed by atoms with Crippen LogP contribution in [0.4, 0.5) is 0 Å². The summed E-state index contributed by atoms with van der Waals surface area (Å²) in [5.74, 6) is -0.760. The van der Waals surface area contributed by atoms with Crippen molar-refractivity contribution in [1.82, 2.24) is 0 Å². The molecule has 0 saturated heterocycles. The minimum absolute atomic E-state index is 0.0126. The van der Waals surface area contributed by atoms with E-state index in [4.69, 9.17) is 28.1 Å². The van der Waals surface area contributed by atoms with E-state index in [2.05, 4.69) is 0 Å². The summed E-state index contributed by atoms with van der Waals surface area (Å²) < 4.78 is 32.5. The van der Waals surface area contributed by atoms with E-state index < -0.39 is 11.2 Å². The van der Waals surface area contributed by atoms with E-state index in [-0.39, 0.29) is 56.8 Å². The molecule has 0 fully saturated rings. The van der Waals surface area contributed by atoms with E-state index in [9.17, 15) is 15.0 Å². The molecule has 3 aromatic rings. The fourth-order valence-electron chi connectivity index (χ4n) is 3.17. The number of fused-ring (bicyclic) bond motifs is 1. The number of ether oxygens (including phenoxy) is 5. The molecule has 1 heterocycles. The van der Waals surface area contributed by atoms with Gasteiger partial charge in [0.2, 0.25) is 28.4 Å². The number of methoxy groups -OCH3 is 5. The van der Waals surface area contributed by atoms with Crippen LogP contribution >= 0.6 is 0 Å². The van der Waals surface area contributed by atoms with Crippen LogP contribution in [0.2, 0.25) is 0 Å². The van der Waals surface area contributed by atoms with Crippen molar-refractivity contribution in [3.63, 3.8) is 0 Å². The first-order chi connectivity index (χ1) is 13.9. The topological polar surface area (TPSA) is 117 Å². The fourth-order valence-corrected chi connectivity index (χ4v) is 3.17. The molecule has 9 heteroatoms. The Hall–Kier alpha value is -3.75. The third kappa shape index (κ3) is 2.91. The van der Waals surface area contributed by atoms with Crippen LogP contribution in [0, 0.1) is 0 Å². The maximum absolute atomic E-state index is 13.1. The Morgan fingerprint density at radius 1 is 0.759 bits per heavy atom. The van der Waals surface area contributed by atoms with Gasteiger partial charge in [0, 0.05) is 0 Å².